The topological polar surface area (TPSA) is 66.5 Å². The quantitative estimate of drug-likeness (QED) is 0.819. The number of hydrogen-bond acceptors (Lipinski definition) is 3. The number of nitrogens with zero attached hydrogens (tertiary/aromatic N) is 1. The van der Waals surface area contributed by atoms with Crippen LogP contribution in [0.4, 0.5) is 0 Å². The molecule has 5 nitrogen and oxygen atoms in total. The number of carbonyl (C=O) groups is 3. The highest BCUT2D eigenvalue weighted by atomic mass is 16.2. The van der Waals surface area contributed by atoms with Crippen LogP contribution < -0.4 is 5.32 Å². The maximum atomic E-state index is 12.6. The Morgan fingerprint density at radius 2 is 2.14 bits per heavy atom. The normalized spacial score (nSPS) is 14.9. The lowest BCUT2D eigenvalue weighted by atomic mass is 9.98. The Kier molecular flexibility index (Phi) is 4.96. The predicted molar refractivity (Wildman–Crippen MR) is 83.3 cm³/mol. The molecular weight excluding hydrogens is 280 g/mol. The fourth-order valence-electron chi connectivity index (χ4n) is 2.83. The van der Waals surface area contributed by atoms with E-state index in [1.165, 1.54) is 5.56 Å². The van der Waals surface area contributed by atoms with E-state index in [1.807, 2.05) is 25.1 Å². The Morgan fingerprint density at radius 3 is 2.73 bits per heavy atom. The van der Waals surface area contributed by atoms with E-state index in [2.05, 4.69) is 19.2 Å². The molecule has 1 aromatic carbocycles. The number of hydrogen-bond donors (Lipinski definition) is 1. The first-order valence-corrected chi connectivity index (χ1v) is 7.67. The van der Waals surface area contributed by atoms with Crippen molar-refractivity contribution in [3.63, 3.8) is 0 Å². The summed E-state index contributed by atoms with van der Waals surface area (Å²) in [6.07, 6.45) is 1.67. The lowest BCUT2D eigenvalue weighted by Crippen LogP contribution is -2.46. The molecule has 3 amide bonds. The Hall–Kier alpha value is -2.17. The predicted octanol–water partition coefficient (Wildman–Crippen LogP) is 2.21. The molecule has 118 valence electrons. The average Bonchev–Trinajstić information content (AvgIpc) is 2.81. The summed E-state index contributed by atoms with van der Waals surface area (Å²) in [5.41, 5.74) is 2.79. The monoisotopic (exact) mass is 302 g/mol. The zero-order chi connectivity index (χ0) is 16.3. The van der Waals surface area contributed by atoms with E-state index in [0.717, 1.165) is 12.0 Å². The van der Waals surface area contributed by atoms with Gasteiger partial charge >= 0.3 is 0 Å². The van der Waals surface area contributed by atoms with Gasteiger partial charge in [-0.05, 0) is 29.5 Å². The van der Waals surface area contributed by atoms with E-state index in [4.69, 9.17) is 0 Å². The molecule has 1 atom stereocenters. The van der Waals surface area contributed by atoms with E-state index in [9.17, 15) is 14.4 Å². The average molecular weight is 302 g/mol. The van der Waals surface area contributed by atoms with Crippen molar-refractivity contribution in [3.05, 3.63) is 34.9 Å². The maximum absolute atomic E-state index is 12.6. The van der Waals surface area contributed by atoms with Crippen LogP contribution in [0.3, 0.4) is 0 Å². The minimum absolute atomic E-state index is 0.134. The fourth-order valence-corrected chi connectivity index (χ4v) is 2.83. The number of rotatable bonds is 6. The summed E-state index contributed by atoms with van der Waals surface area (Å²) >= 11 is 0. The summed E-state index contributed by atoms with van der Waals surface area (Å²) in [7, 11) is 0. The van der Waals surface area contributed by atoms with Gasteiger partial charge < -0.3 is 4.90 Å². The van der Waals surface area contributed by atoms with Gasteiger partial charge in [0.2, 0.25) is 12.3 Å². The van der Waals surface area contributed by atoms with Crippen molar-refractivity contribution >= 4 is 18.2 Å². The molecule has 0 spiro atoms. The largest absolute Gasteiger partial charge is 0.322 e. The SMILES string of the molecule is CCCC(C(=O)NC=O)N1Cc2cc(C(C)C)ccc2C1=O. The van der Waals surface area contributed by atoms with Gasteiger partial charge in [-0.2, -0.15) is 0 Å². The van der Waals surface area contributed by atoms with Gasteiger partial charge in [-0.25, -0.2) is 0 Å². The highest BCUT2D eigenvalue weighted by Gasteiger charge is 2.35. The van der Waals surface area contributed by atoms with Gasteiger partial charge in [0.15, 0.2) is 0 Å². The summed E-state index contributed by atoms with van der Waals surface area (Å²) in [5.74, 6) is -0.161. The van der Waals surface area contributed by atoms with Crippen LogP contribution in [0.5, 0.6) is 0 Å². The van der Waals surface area contributed by atoms with Crippen molar-refractivity contribution < 1.29 is 14.4 Å². The fraction of sp³-hybridized carbons (Fsp3) is 0.471. The summed E-state index contributed by atoms with van der Waals surface area (Å²) in [6.45, 7) is 6.58. The minimum atomic E-state index is -0.599. The lowest BCUT2D eigenvalue weighted by Gasteiger charge is -2.25. The molecule has 5 heteroatoms. The molecular formula is C17H22N2O3. The number of fused-ring (bicyclic) bond motifs is 1. The second-order valence-corrected chi connectivity index (χ2v) is 5.94. The molecule has 0 saturated carbocycles. The van der Waals surface area contributed by atoms with Crippen molar-refractivity contribution in [2.24, 2.45) is 0 Å². The van der Waals surface area contributed by atoms with E-state index in [0.29, 0.717) is 30.9 Å². The first kappa shape index (κ1) is 16.2. The molecule has 0 aliphatic carbocycles. The first-order valence-electron chi connectivity index (χ1n) is 7.67. The molecule has 1 heterocycles. The van der Waals surface area contributed by atoms with Gasteiger partial charge in [-0.3, -0.25) is 19.7 Å². The molecule has 0 radical (unpaired) electrons. The molecule has 22 heavy (non-hydrogen) atoms. The van der Waals surface area contributed by atoms with Crippen LogP contribution in [0, 0.1) is 0 Å². The van der Waals surface area contributed by atoms with E-state index >= 15 is 0 Å². The van der Waals surface area contributed by atoms with Crippen LogP contribution in [-0.2, 0) is 16.1 Å². The van der Waals surface area contributed by atoms with Crippen LogP contribution >= 0.6 is 0 Å². The lowest BCUT2D eigenvalue weighted by molar-refractivity contribution is -0.129. The standard InChI is InChI=1S/C17H22N2O3/c1-4-5-15(16(21)18-10-20)19-9-13-8-12(11(2)3)6-7-14(13)17(19)22/h6-8,10-11,15H,4-5,9H2,1-3H3,(H,18,20,21). The molecule has 0 bridgehead atoms. The Bertz CT molecular complexity index is 596. The molecule has 1 aliphatic heterocycles. The summed E-state index contributed by atoms with van der Waals surface area (Å²) in [6, 6.07) is 5.25. The number of imide groups is 1. The zero-order valence-electron chi connectivity index (χ0n) is 13.3. The molecule has 1 aromatic rings. The third-order valence-electron chi connectivity index (χ3n) is 4.07. The third kappa shape index (κ3) is 3.03. The van der Waals surface area contributed by atoms with Crippen LogP contribution in [0.1, 0.15) is 61.0 Å². The van der Waals surface area contributed by atoms with Crippen LogP contribution in [0.2, 0.25) is 0 Å². The minimum Gasteiger partial charge on any atom is -0.322 e. The Balaban J connectivity index is 2.28. The second kappa shape index (κ2) is 6.73. The van der Waals surface area contributed by atoms with Gasteiger partial charge in [0.25, 0.3) is 5.91 Å². The van der Waals surface area contributed by atoms with Gasteiger partial charge in [0.1, 0.15) is 6.04 Å². The summed E-state index contributed by atoms with van der Waals surface area (Å²) < 4.78 is 0. The smallest absolute Gasteiger partial charge is 0.255 e. The molecule has 0 fully saturated rings. The van der Waals surface area contributed by atoms with Crippen molar-refractivity contribution in [1.29, 1.82) is 0 Å². The molecule has 1 aliphatic rings. The number of carbonyl (C=O) groups excluding carboxylic acids is 3. The van der Waals surface area contributed by atoms with Crippen LogP contribution in [-0.4, -0.2) is 29.2 Å². The van der Waals surface area contributed by atoms with E-state index < -0.39 is 11.9 Å². The van der Waals surface area contributed by atoms with E-state index in [1.54, 1.807) is 4.90 Å². The van der Waals surface area contributed by atoms with Crippen molar-refractivity contribution in [2.75, 3.05) is 0 Å². The van der Waals surface area contributed by atoms with Gasteiger partial charge in [-0.15, -0.1) is 0 Å². The van der Waals surface area contributed by atoms with Crippen LogP contribution in [0.25, 0.3) is 0 Å². The summed E-state index contributed by atoms with van der Waals surface area (Å²) in [5, 5.41) is 2.17. The second-order valence-electron chi connectivity index (χ2n) is 5.94. The van der Waals surface area contributed by atoms with Gasteiger partial charge in [0.05, 0.1) is 0 Å². The summed E-state index contributed by atoms with van der Waals surface area (Å²) in [4.78, 5) is 36.7. The van der Waals surface area contributed by atoms with Crippen molar-refractivity contribution in [2.45, 2.75) is 52.1 Å². The Morgan fingerprint density at radius 1 is 1.41 bits per heavy atom. The number of amides is 3. The first-order chi connectivity index (χ1) is 10.5. The van der Waals surface area contributed by atoms with Gasteiger partial charge in [0, 0.05) is 12.1 Å². The van der Waals surface area contributed by atoms with Crippen molar-refractivity contribution in [1.82, 2.24) is 10.2 Å². The maximum Gasteiger partial charge on any atom is 0.255 e. The molecule has 1 unspecified atom stereocenters. The zero-order valence-corrected chi connectivity index (χ0v) is 13.3. The number of nitrogens with one attached hydrogen (secondary N) is 1. The molecule has 2 rings (SSSR count). The highest BCUT2D eigenvalue weighted by Crippen LogP contribution is 2.29. The van der Waals surface area contributed by atoms with Gasteiger partial charge in [-0.1, -0.05) is 39.3 Å². The molecule has 0 saturated heterocycles. The van der Waals surface area contributed by atoms with Crippen molar-refractivity contribution in [3.8, 4) is 0 Å². The molecule has 0 aromatic heterocycles. The third-order valence-corrected chi connectivity index (χ3v) is 4.07. The highest BCUT2D eigenvalue weighted by molar-refractivity contribution is 6.02. The Labute approximate surface area is 130 Å². The van der Waals surface area contributed by atoms with E-state index in [-0.39, 0.29) is 5.91 Å². The number of benzene rings is 1. The van der Waals surface area contributed by atoms with Crippen LogP contribution in [0.15, 0.2) is 18.2 Å². The molecule has 1 N–H and O–H groups in total.